The first-order valence-corrected chi connectivity index (χ1v) is 8.89. The number of H-pyrrole nitrogens is 1. The average Bonchev–Trinajstić information content (AvgIpc) is 3.39. The summed E-state index contributed by atoms with van der Waals surface area (Å²) in [6.07, 6.45) is 0. The molecule has 0 radical (unpaired) electrons. The number of fused-ring (bicyclic) bond motifs is 2. The number of nitrogens with zero attached hydrogens (tertiary/aromatic N) is 2. The molecule has 0 spiro atoms. The molecule has 3 aromatic rings. The minimum absolute atomic E-state index is 0.0459. The Bertz CT molecular complexity index is 1170. The molecule has 5 rings (SSSR count). The summed E-state index contributed by atoms with van der Waals surface area (Å²) in [5.41, 5.74) is 9.52. The van der Waals surface area contributed by atoms with E-state index in [1.165, 1.54) is 0 Å². The fraction of sp³-hybridized carbons (Fsp3) is 0.143. The van der Waals surface area contributed by atoms with Crippen molar-refractivity contribution in [3.63, 3.8) is 0 Å². The van der Waals surface area contributed by atoms with E-state index in [1.807, 2.05) is 42.5 Å². The Balaban J connectivity index is 1.68. The molecule has 2 aromatic carbocycles. The highest BCUT2D eigenvalue weighted by Gasteiger charge is 2.35. The minimum atomic E-state index is -0.436. The monoisotopic (exact) mass is 388 g/mol. The Morgan fingerprint density at radius 3 is 2.72 bits per heavy atom. The van der Waals surface area contributed by atoms with Crippen molar-refractivity contribution >= 4 is 0 Å². The molecule has 0 aliphatic carbocycles. The number of hydrogen-bond acceptors (Lipinski definition) is 7. The van der Waals surface area contributed by atoms with Crippen LogP contribution in [0.15, 0.2) is 53.9 Å². The molecule has 144 valence electrons. The molecule has 8 nitrogen and oxygen atoms in total. The Hall–Kier alpha value is -4.12. The van der Waals surface area contributed by atoms with E-state index in [4.69, 9.17) is 24.7 Å². The third-order valence-corrected chi connectivity index (χ3v) is 5.05. The lowest BCUT2D eigenvalue weighted by Gasteiger charge is -2.24. The molecule has 1 atom stereocenters. The van der Waals surface area contributed by atoms with Gasteiger partial charge in [-0.1, -0.05) is 12.1 Å². The second-order valence-electron chi connectivity index (χ2n) is 6.58. The van der Waals surface area contributed by atoms with Crippen molar-refractivity contribution in [2.24, 2.45) is 5.73 Å². The van der Waals surface area contributed by atoms with Gasteiger partial charge in [-0.15, -0.1) is 5.10 Å². The molecular weight excluding hydrogens is 372 g/mol. The second kappa shape index (κ2) is 6.49. The van der Waals surface area contributed by atoms with Crippen LogP contribution < -0.4 is 24.7 Å². The van der Waals surface area contributed by atoms with E-state index in [0.29, 0.717) is 23.0 Å². The SMILES string of the molecule is COc1ccc(C2C(C#N)=C(N)Oc3n[nH]c(-c4ccc5c(c4)OCO5)c32)cc1. The predicted molar refractivity (Wildman–Crippen MR) is 102 cm³/mol. The van der Waals surface area contributed by atoms with Gasteiger partial charge in [-0.3, -0.25) is 5.10 Å². The maximum absolute atomic E-state index is 9.79. The number of aromatic amines is 1. The first-order valence-electron chi connectivity index (χ1n) is 8.89. The number of hydrogen-bond donors (Lipinski definition) is 2. The van der Waals surface area contributed by atoms with Crippen LogP contribution in [0.2, 0.25) is 0 Å². The van der Waals surface area contributed by atoms with Gasteiger partial charge in [0.05, 0.1) is 24.3 Å². The van der Waals surface area contributed by atoms with Gasteiger partial charge in [0.2, 0.25) is 18.6 Å². The van der Waals surface area contributed by atoms with E-state index in [1.54, 1.807) is 7.11 Å². The molecule has 3 heterocycles. The lowest BCUT2D eigenvalue weighted by molar-refractivity contribution is 0.174. The van der Waals surface area contributed by atoms with E-state index in [9.17, 15) is 5.26 Å². The second-order valence-corrected chi connectivity index (χ2v) is 6.58. The first-order chi connectivity index (χ1) is 14.2. The van der Waals surface area contributed by atoms with Gasteiger partial charge in [0, 0.05) is 5.56 Å². The van der Waals surface area contributed by atoms with Crippen molar-refractivity contribution < 1.29 is 18.9 Å². The molecule has 0 bridgehead atoms. The van der Waals surface area contributed by atoms with E-state index in [0.717, 1.165) is 28.1 Å². The number of benzene rings is 2. The summed E-state index contributed by atoms with van der Waals surface area (Å²) in [5, 5.41) is 17.1. The van der Waals surface area contributed by atoms with Crippen molar-refractivity contribution in [3.05, 3.63) is 65.0 Å². The zero-order valence-electron chi connectivity index (χ0n) is 15.4. The van der Waals surface area contributed by atoms with Crippen molar-refractivity contribution in [1.82, 2.24) is 10.2 Å². The molecular formula is C21H16N4O4. The van der Waals surface area contributed by atoms with Crippen LogP contribution in [0.5, 0.6) is 23.1 Å². The summed E-state index contributed by atoms with van der Waals surface area (Å²) in [7, 11) is 1.61. The highest BCUT2D eigenvalue weighted by molar-refractivity contribution is 5.73. The van der Waals surface area contributed by atoms with Gasteiger partial charge in [0.25, 0.3) is 0 Å². The van der Waals surface area contributed by atoms with Crippen molar-refractivity contribution in [2.45, 2.75) is 5.92 Å². The fourth-order valence-electron chi connectivity index (χ4n) is 3.65. The Morgan fingerprint density at radius 2 is 1.97 bits per heavy atom. The standard InChI is InChI=1S/C21H16N4O4/c1-26-13-5-2-11(3-6-13)17-14(9-22)20(23)29-21-18(17)19(24-25-21)12-4-7-15-16(8-12)28-10-27-15/h2-8,17H,10,23H2,1H3,(H,24,25). The van der Waals surface area contributed by atoms with Crippen molar-refractivity contribution in [1.29, 1.82) is 5.26 Å². The Kier molecular flexibility index (Phi) is 3.81. The smallest absolute Gasteiger partial charge is 0.244 e. The first kappa shape index (κ1) is 17.0. The quantitative estimate of drug-likeness (QED) is 0.708. The van der Waals surface area contributed by atoms with Gasteiger partial charge in [0.1, 0.15) is 17.4 Å². The minimum Gasteiger partial charge on any atom is -0.497 e. The van der Waals surface area contributed by atoms with Gasteiger partial charge in [-0.05, 0) is 35.9 Å². The van der Waals surface area contributed by atoms with Gasteiger partial charge in [-0.2, -0.15) is 5.26 Å². The number of allylic oxidation sites excluding steroid dienone is 1. The van der Waals surface area contributed by atoms with Gasteiger partial charge < -0.3 is 24.7 Å². The number of ether oxygens (including phenoxy) is 4. The number of methoxy groups -OCH3 is 1. The van der Waals surface area contributed by atoms with Crippen molar-refractivity contribution in [3.8, 4) is 40.5 Å². The number of rotatable bonds is 3. The van der Waals surface area contributed by atoms with Crippen LogP contribution >= 0.6 is 0 Å². The molecule has 29 heavy (non-hydrogen) atoms. The molecule has 8 heteroatoms. The van der Waals surface area contributed by atoms with Crippen LogP contribution in [-0.4, -0.2) is 24.1 Å². The zero-order valence-corrected chi connectivity index (χ0v) is 15.4. The fourth-order valence-corrected chi connectivity index (χ4v) is 3.65. The summed E-state index contributed by atoms with van der Waals surface area (Å²) in [6.45, 7) is 0.190. The Labute approximate surface area is 166 Å². The molecule has 3 N–H and O–H groups in total. The molecule has 0 fully saturated rings. The van der Waals surface area contributed by atoms with Crippen LogP contribution in [0.3, 0.4) is 0 Å². The summed E-state index contributed by atoms with van der Waals surface area (Å²) in [4.78, 5) is 0. The van der Waals surface area contributed by atoms with Crippen LogP contribution in [0.1, 0.15) is 17.0 Å². The molecule has 1 unspecified atom stereocenters. The van der Waals surface area contributed by atoms with Gasteiger partial charge in [-0.25, -0.2) is 0 Å². The average molecular weight is 388 g/mol. The molecule has 2 aliphatic rings. The Morgan fingerprint density at radius 1 is 1.17 bits per heavy atom. The van der Waals surface area contributed by atoms with E-state index >= 15 is 0 Å². The van der Waals surface area contributed by atoms with Crippen LogP contribution in [0.25, 0.3) is 11.3 Å². The summed E-state index contributed by atoms with van der Waals surface area (Å²) in [6, 6.07) is 15.3. The molecule has 2 aliphatic heterocycles. The maximum Gasteiger partial charge on any atom is 0.244 e. The summed E-state index contributed by atoms with van der Waals surface area (Å²) in [5.74, 6) is 2.01. The maximum atomic E-state index is 9.79. The highest BCUT2D eigenvalue weighted by Crippen LogP contribution is 2.47. The van der Waals surface area contributed by atoms with Crippen molar-refractivity contribution in [2.75, 3.05) is 13.9 Å². The normalized spacial score (nSPS) is 16.8. The summed E-state index contributed by atoms with van der Waals surface area (Å²) >= 11 is 0. The number of aromatic nitrogens is 2. The lowest BCUT2D eigenvalue weighted by atomic mass is 9.83. The molecule has 0 saturated heterocycles. The third kappa shape index (κ3) is 2.63. The predicted octanol–water partition coefficient (Wildman–Crippen LogP) is 3.03. The lowest BCUT2D eigenvalue weighted by Crippen LogP contribution is -2.20. The summed E-state index contributed by atoms with van der Waals surface area (Å²) < 4.78 is 21.8. The van der Waals surface area contributed by atoms with Crippen LogP contribution in [0.4, 0.5) is 0 Å². The van der Waals surface area contributed by atoms with Gasteiger partial charge >= 0.3 is 0 Å². The largest absolute Gasteiger partial charge is 0.497 e. The van der Waals surface area contributed by atoms with E-state index in [2.05, 4.69) is 16.3 Å². The third-order valence-electron chi connectivity index (χ3n) is 5.05. The van der Waals surface area contributed by atoms with Crippen LogP contribution in [0, 0.1) is 11.3 Å². The number of nitrogens with two attached hydrogens (primary N) is 1. The van der Waals surface area contributed by atoms with E-state index in [-0.39, 0.29) is 12.7 Å². The number of nitrogens with one attached hydrogen (secondary N) is 1. The topological polar surface area (TPSA) is 115 Å². The van der Waals surface area contributed by atoms with Gasteiger partial charge in [0.15, 0.2) is 11.5 Å². The molecule has 0 saturated carbocycles. The molecule has 1 aromatic heterocycles. The molecule has 0 amide bonds. The van der Waals surface area contributed by atoms with Crippen LogP contribution in [-0.2, 0) is 0 Å². The number of nitriles is 1. The zero-order chi connectivity index (χ0) is 20.0. The van der Waals surface area contributed by atoms with E-state index < -0.39 is 5.92 Å². The highest BCUT2D eigenvalue weighted by atomic mass is 16.7.